The Morgan fingerprint density at radius 2 is 0.703 bits per heavy atom. The van der Waals surface area contributed by atoms with E-state index in [-0.39, 0.29) is 77.0 Å². The Morgan fingerprint density at radius 1 is 0.432 bits per heavy atom. The van der Waals surface area contributed by atoms with E-state index in [0.29, 0.717) is 0 Å². The van der Waals surface area contributed by atoms with Gasteiger partial charge in [0, 0.05) is 11.1 Å². The second-order valence-corrected chi connectivity index (χ2v) is 6.64. The van der Waals surface area contributed by atoms with Crippen LogP contribution < -0.4 is 0 Å². The summed E-state index contributed by atoms with van der Waals surface area (Å²) >= 11 is 0. The third-order valence-corrected chi connectivity index (χ3v) is 3.39. The Kier molecular flexibility index (Phi) is 17.6. The predicted molar refractivity (Wildman–Crippen MR) is 119 cm³/mol. The number of hydrogen-bond donors (Lipinski definition) is 0. The van der Waals surface area contributed by atoms with Crippen molar-refractivity contribution in [2.75, 3.05) is 59.5 Å². The van der Waals surface area contributed by atoms with E-state index >= 15 is 0 Å². The number of hydrogen-bond acceptors (Lipinski definition) is 15. The Bertz CT molecular complexity index is 817. The van der Waals surface area contributed by atoms with Crippen molar-refractivity contribution >= 4 is 36.4 Å². The molecule has 0 fully saturated rings. The van der Waals surface area contributed by atoms with Crippen LogP contribution in [0.15, 0.2) is 24.3 Å². The topological polar surface area (TPSA) is 185 Å². The highest BCUT2D eigenvalue weighted by Crippen LogP contribution is 1.96. The van der Waals surface area contributed by atoms with Crippen molar-refractivity contribution in [2.24, 2.45) is 0 Å². The smallest absolute Gasteiger partial charge is 0.462 e. The van der Waals surface area contributed by atoms with Gasteiger partial charge in [0.15, 0.2) is 0 Å². The highest BCUT2D eigenvalue weighted by molar-refractivity contribution is 5.87. The molecule has 0 atom stereocenters. The molecule has 0 rings (SSSR count). The molecular formula is C22H30O15. The van der Waals surface area contributed by atoms with Crippen LogP contribution in [0.2, 0.25) is 0 Å². The number of esters is 3. The minimum atomic E-state index is -1.11. The molecule has 0 saturated carbocycles. The zero-order valence-corrected chi connectivity index (χ0v) is 20.6. The van der Waals surface area contributed by atoms with E-state index in [2.05, 4.69) is 41.6 Å². The van der Waals surface area contributed by atoms with Gasteiger partial charge in [-0.2, -0.15) is 0 Å². The van der Waals surface area contributed by atoms with Crippen molar-refractivity contribution in [1.82, 2.24) is 0 Å². The molecule has 0 aromatic heterocycles. The molecule has 0 aromatic carbocycles. The lowest BCUT2D eigenvalue weighted by Gasteiger charge is -2.09. The van der Waals surface area contributed by atoms with E-state index in [1.807, 2.05) is 0 Å². The van der Waals surface area contributed by atoms with E-state index < -0.39 is 36.4 Å². The molecule has 15 nitrogen and oxygen atoms in total. The lowest BCUT2D eigenvalue weighted by Crippen LogP contribution is -2.20. The summed E-state index contributed by atoms with van der Waals surface area (Å²) in [5.74, 6) is -1.91. The van der Waals surface area contributed by atoms with E-state index in [0.717, 1.165) is 0 Å². The first-order chi connectivity index (χ1) is 17.5. The molecule has 37 heavy (non-hydrogen) atoms. The molecule has 0 amide bonds. The molecule has 0 aliphatic rings. The van der Waals surface area contributed by atoms with Crippen molar-refractivity contribution in [3.63, 3.8) is 0 Å². The zero-order valence-electron chi connectivity index (χ0n) is 20.6. The number of ether oxygens (including phenoxy) is 9. The first kappa shape index (κ1) is 32.7. The maximum atomic E-state index is 11.4. The third-order valence-electron chi connectivity index (χ3n) is 3.39. The van der Waals surface area contributed by atoms with E-state index in [9.17, 15) is 28.8 Å². The van der Waals surface area contributed by atoms with Crippen molar-refractivity contribution in [3.8, 4) is 0 Å². The maximum Gasteiger partial charge on any atom is 0.508 e. The number of rotatable bonds is 17. The quantitative estimate of drug-likeness (QED) is 0.113. The van der Waals surface area contributed by atoms with Gasteiger partial charge in [0.25, 0.3) is 0 Å². The maximum absolute atomic E-state index is 11.4. The lowest BCUT2D eigenvalue weighted by molar-refractivity contribution is -0.148. The van der Waals surface area contributed by atoms with E-state index in [1.165, 1.54) is 13.8 Å². The molecule has 15 heteroatoms. The van der Waals surface area contributed by atoms with Gasteiger partial charge in [-0.25, -0.2) is 24.0 Å². The molecule has 0 saturated heterocycles. The Balaban J connectivity index is 3.62. The van der Waals surface area contributed by atoms with E-state index in [4.69, 9.17) is 14.2 Å². The lowest BCUT2D eigenvalue weighted by atomic mass is 10.4. The van der Waals surface area contributed by atoms with Gasteiger partial charge in [-0.3, -0.25) is 4.79 Å². The summed E-state index contributed by atoms with van der Waals surface area (Å²) in [6.07, 6.45) is -3.44. The average Bonchev–Trinajstić information content (AvgIpc) is 2.84. The van der Waals surface area contributed by atoms with Crippen molar-refractivity contribution in [1.29, 1.82) is 0 Å². The highest BCUT2D eigenvalue weighted by atomic mass is 16.8. The number of carbonyl (C=O) groups is 6. The predicted octanol–water partition coefficient (Wildman–Crippen LogP) is 1.62. The van der Waals surface area contributed by atoms with Gasteiger partial charge >= 0.3 is 36.4 Å². The fourth-order valence-corrected chi connectivity index (χ4v) is 1.71. The molecule has 0 aromatic rings. The van der Waals surface area contributed by atoms with Crippen LogP contribution in [0.1, 0.15) is 20.3 Å². The summed E-state index contributed by atoms with van der Waals surface area (Å²) in [5, 5.41) is 0. The minimum Gasteiger partial charge on any atom is -0.462 e. The fraction of sp³-hybridized carbons (Fsp3) is 0.545. The van der Waals surface area contributed by atoms with Crippen LogP contribution in [0.5, 0.6) is 0 Å². The SMILES string of the molecule is C=C(C)C(=O)OCCOC(=O)OCCOC(=O)OCCOC(=O)OCCOC(=O)CCOC(=O)C(=C)C. The van der Waals surface area contributed by atoms with Gasteiger partial charge < -0.3 is 42.6 Å². The van der Waals surface area contributed by atoms with Gasteiger partial charge in [-0.1, -0.05) is 13.2 Å². The Hall–Kier alpha value is -4.30. The van der Waals surface area contributed by atoms with Crippen LogP contribution in [0, 0.1) is 0 Å². The van der Waals surface area contributed by atoms with Crippen LogP contribution in [0.3, 0.4) is 0 Å². The summed E-state index contributed by atoms with van der Waals surface area (Å²) in [5.41, 5.74) is 0.401. The van der Waals surface area contributed by atoms with Crippen molar-refractivity contribution in [3.05, 3.63) is 24.3 Å². The molecule has 208 valence electrons. The van der Waals surface area contributed by atoms with Gasteiger partial charge in [-0.05, 0) is 13.8 Å². The molecule has 0 heterocycles. The normalized spacial score (nSPS) is 9.68. The molecule has 0 bridgehead atoms. The average molecular weight is 534 g/mol. The van der Waals surface area contributed by atoms with E-state index in [1.54, 1.807) is 0 Å². The van der Waals surface area contributed by atoms with Crippen LogP contribution in [0.25, 0.3) is 0 Å². The van der Waals surface area contributed by atoms with Gasteiger partial charge in [0.1, 0.15) is 59.5 Å². The zero-order chi connectivity index (χ0) is 28.1. The van der Waals surface area contributed by atoms with Crippen LogP contribution in [-0.2, 0) is 57.0 Å². The minimum absolute atomic E-state index is 0.175. The van der Waals surface area contributed by atoms with Gasteiger partial charge in [-0.15, -0.1) is 0 Å². The summed E-state index contributed by atoms with van der Waals surface area (Å²) in [6.45, 7) is 7.22. The molecular weight excluding hydrogens is 504 g/mol. The molecule has 0 N–H and O–H groups in total. The summed E-state index contributed by atoms with van der Waals surface area (Å²) in [6, 6.07) is 0. The summed E-state index contributed by atoms with van der Waals surface area (Å²) in [7, 11) is 0. The largest absolute Gasteiger partial charge is 0.508 e. The van der Waals surface area contributed by atoms with Crippen LogP contribution in [0.4, 0.5) is 14.4 Å². The molecule has 0 unspecified atom stereocenters. The first-order valence-corrected chi connectivity index (χ1v) is 10.7. The second kappa shape index (κ2) is 19.9. The summed E-state index contributed by atoms with van der Waals surface area (Å²) < 4.78 is 41.9. The van der Waals surface area contributed by atoms with Gasteiger partial charge in [0.2, 0.25) is 0 Å². The Labute approximate surface area is 212 Å². The van der Waals surface area contributed by atoms with Crippen LogP contribution >= 0.6 is 0 Å². The highest BCUT2D eigenvalue weighted by Gasteiger charge is 2.11. The standard InChI is InChI=1S/C22H30O15/c1-15(2)18(24)30-6-5-17(23)29-7-9-32-20(26)34-11-13-36-22(28)37-14-12-35-21(27)33-10-8-31-19(25)16(3)4/h1,3,5-14H2,2,4H3. The molecule has 0 spiro atoms. The molecule has 0 radical (unpaired) electrons. The van der Waals surface area contributed by atoms with Gasteiger partial charge in [0.05, 0.1) is 6.42 Å². The fourth-order valence-electron chi connectivity index (χ4n) is 1.71. The summed E-state index contributed by atoms with van der Waals surface area (Å²) in [4.78, 5) is 67.7. The second-order valence-electron chi connectivity index (χ2n) is 6.64. The molecule has 0 aliphatic heterocycles. The van der Waals surface area contributed by atoms with Crippen molar-refractivity contribution in [2.45, 2.75) is 20.3 Å². The third kappa shape index (κ3) is 19.7. The first-order valence-electron chi connectivity index (χ1n) is 10.7. The van der Waals surface area contributed by atoms with Crippen molar-refractivity contribution < 1.29 is 71.4 Å². The number of carbonyl (C=O) groups excluding carboxylic acids is 6. The Morgan fingerprint density at radius 3 is 1.03 bits per heavy atom. The monoisotopic (exact) mass is 534 g/mol. The molecule has 0 aliphatic carbocycles. The van der Waals surface area contributed by atoms with Crippen LogP contribution in [-0.4, -0.2) is 95.8 Å².